The molecule has 3 heterocycles. The average Bonchev–Trinajstić information content (AvgIpc) is 3.34. The molecule has 130 valence electrons. The molecule has 5 nitrogen and oxygen atoms in total. The monoisotopic (exact) mass is 363 g/mol. The van der Waals surface area contributed by atoms with Gasteiger partial charge in [0.15, 0.2) is 0 Å². The highest BCUT2D eigenvalue weighted by atomic mass is 32.1. The topological polar surface area (TPSA) is 64.1 Å². The van der Waals surface area contributed by atoms with Gasteiger partial charge in [-0.3, -0.25) is 14.8 Å². The predicted molar refractivity (Wildman–Crippen MR) is 102 cm³/mol. The number of ether oxygens (including phenoxy) is 1. The Labute approximate surface area is 155 Å². The normalized spacial score (nSPS) is 15.6. The summed E-state index contributed by atoms with van der Waals surface area (Å²) in [5.74, 6) is 0.716. The molecule has 26 heavy (non-hydrogen) atoms. The summed E-state index contributed by atoms with van der Waals surface area (Å²) in [4.78, 5) is 21.5. The fourth-order valence-corrected chi connectivity index (χ4v) is 3.53. The van der Waals surface area contributed by atoms with Gasteiger partial charge in [-0.2, -0.15) is 0 Å². The molecule has 0 radical (unpaired) electrons. The SMILES string of the molecule is O=C(/C=C/c1cccs1)NC[C@H]1Cc2cccc(-c3cnccn3)c2O1. The van der Waals surface area contributed by atoms with E-state index in [0.717, 1.165) is 33.9 Å². The van der Waals surface area contributed by atoms with Crippen LogP contribution in [0.15, 0.2) is 60.4 Å². The number of amides is 1. The molecule has 1 aliphatic heterocycles. The van der Waals surface area contributed by atoms with E-state index in [2.05, 4.69) is 15.3 Å². The van der Waals surface area contributed by atoms with E-state index in [4.69, 9.17) is 4.74 Å². The Hall–Kier alpha value is -2.99. The zero-order valence-electron chi connectivity index (χ0n) is 14.0. The lowest BCUT2D eigenvalue weighted by atomic mass is 10.0. The fraction of sp³-hybridized carbons (Fsp3) is 0.150. The van der Waals surface area contributed by atoms with E-state index in [1.165, 1.54) is 0 Å². The van der Waals surface area contributed by atoms with Gasteiger partial charge in [-0.1, -0.05) is 18.2 Å². The molecule has 1 amide bonds. The van der Waals surface area contributed by atoms with Crippen LogP contribution in [0, 0.1) is 0 Å². The molecule has 4 rings (SSSR count). The average molecular weight is 363 g/mol. The minimum Gasteiger partial charge on any atom is -0.487 e. The van der Waals surface area contributed by atoms with E-state index < -0.39 is 0 Å². The molecule has 3 aromatic rings. The number of aromatic nitrogens is 2. The summed E-state index contributed by atoms with van der Waals surface area (Å²) in [5.41, 5.74) is 2.84. The molecule has 1 aromatic carbocycles. The Bertz CT molecular complexity index is 923. The Balaban J connectivity index is 1.39. The lowest BCUT2D eigenvalue weighted by molar-refractivity contribution is -0.116. The van der Waals surface area contributed by atoms with Crippen molar-refractivity contribution in [1.82, 2.24) is 15.3 Å². The van der Waals surface area contributed by atoms with Crippen molar-refractivity contribution in [2.24, 2.45) is 0 Å². The standard InChI is InChI=1S/C20H17N3O2S/c24-19(7-6-16-4-2-10-26-16)23-12-15-11-14-3-1-5-17(20(14)25-15)18-13-21-8-9-22-18/h1-10,13,15H,11-12H2,(H,23,24)/b7-6+/t15-/m1/s1. The number of hydrogen-bond acceptors (Lipinski definition) is 5. The van der Waals surface area contributed by atoms with Crippen molar-refractivity contribution in [3.05, 3.63) is 70.8 Å². The number of nitrogens with zero attached hydrogens (tertiary/aromatic N) is 2. The van der Waals surface area contributed by atoms with Crippen molar-refractivity contribution in [3.8, 4) is 17.0 Å². The van der Waals surface area contributed by atoms with Crippen LogP contribution in [0.4, 0.5) is 0 Å². The van der Waals surface area contributed by atoms with Gasteiger partial charge in [0.05, 0.1) is 18.4 Å². The van der Waals surface area contributed by atoms with Crippen LogP contribution in [-0.2, 0) is 11.2 Å². The summed E-state index contributed by atoms with van der Waals surface area (Å²) in [5, 5.41) is 4.89. The second-order valence-corrected chi connectivity index (χ2v) is 6.90. The molecule has 0 saturated heterocycles. The summed E-state index contributed by atoms with van der Waals surface area (Å²) in [6, 6.07) is 9.96. The van der Waals surface area contributed by atoms with Gasteiger partial charge in [-0.05, 0) is 29.2 Å². The maximum atomic E-state index is 12.0. The molecular formula is C20H17N3O2S. The first-order chi connectivity index (χ1) is 12.8. The van der Waals surface area contributed by atoms with Gasteiger partial charge in [0.25, 0.3) is 0 Å². The van der Waals surface area contributed by atoms with Crippen LogP contribution in [0.1, 0.15) is 10.4 Å². The van der Waals surface area contributed by atoms with Crippen molar-refractivity contribution in [2.75, 3.05) is 6.54 Å². The van der Waals surface area contributed by atoms with Crippen molar-refractivity contribution in [3.63, 3.8) is 0 Å². The smallest absolute Gasteiger partial charge is 0.244 e. The summed E-state index contributed by atoms with van der Waals surface area (Å²) >= 11 is 1.60. The quantitative estimate of drug-likeness (QED) is 0.706. The highest BCUT2D eigenvalue weighted by Crippen LogP contribution is 2.37. The number of benzene rings is 1. The van der Waals surface area contributed by atoms with Crippen molar-refractivity contribution in [1.29, 1.82) is 0 Å². The van der Waals surface area contributed by atoms with Crippen molar-refractivity contribution in [2.45, 2.75) is 12.5 Å². The summed E-state index contributed by atoms with van der Waals surface area (Å²) in [7, 11) is 0. The molecule has 1 aliphatic rings. The van der Waals surface area contributed by atoms with Gasteiger partial charge < -0.3 is 10.1 Å². The molecule has 0 spiro atoms. The summed E-state index contributed by atoms with van der Waals surface area (Å²) in [6.45, 7) is 0.461. The van der Waals surface area contributed by atoms with E-state index in [0.29, 0.717) is 6.54 Å². The molecule has 0 aliphatic carbocycles. The van der Waals surface area contributed by atoms with Gasteiger partial charge >= 0.3 is 0 Å². The molecule has 1 N–H and O–H groups in total. The second-order valence-electron chi connectivity index (χ2n) is 5.92. The van der Waals surface area contributed by atoms with Crippen LogP contribution in [0.3, 0.4) is 0 Å². The van der Waals surface area contributed by atoms with Crippen LogP contribution >= 0.6 is 11.3 Å². The predicted octanol–water partition coefficient (Wildman–Crippen LogP) is 3.34. The maximum absolute atomic E-state index is 12.0. The highest BCUT2D eigenvalue weighted by molar-refractivity contribution is 7.10. The van der Waals surface area contributed by atoms with Crippen molar-refractivity contribution >= 4 is 23.3 Å². The second kappa shape index (κ2) is 7.49. The van der Waals surface area contributed by atoms with Gasteiger partial charge in [-0.15, -0.1) is 11.3 Å². The molecular weight excluding hydrogens is 346 g/mol. The maximum Gasteiger partial charge on any atom is 0.244 e. The number of hydrogen-bond donors (Lipinski definition) is 1. The Morgan fingerprint density at radius 1 is 1.31 bits per heavy atom. The van der Waals surface area contributed by atoms with Crippen LogP contribution in [0.25, 0.3) is 17.3 Å². The molecule has 1 atom stereocenters. The molecule has 0 saturated carbocycles. The van der Waals surface area contributed by atoms with E-state index in [-0.39, 0.29) is 12.0 Å². The number of para-hydroxylation sites is 1. The zero-order chi connectivity index (χ0) is 17.8. The van der Waals surface area contributed by atoms with Gasteiger partial charge in [0, 0.05) is 35.3 Å². The molecule has 2 aromatic heterocycles. The number of nitrogens with one attached hydrogen (secondary N) is 1. The van der Waals surface area contributed by atoms with Crippen LogP contribution in [-0.4, -0.2) is 28.5 Å². The Morgan fingerprint density at radius 2 is 2.27 bits per heavy atom. The first-order valence-corrected chi connectivity index (χ1v) is 9.22. The molecule has 0 unspecified atom stereocenters. The fourth-order valence-electron chi connectivity index (χ4n) is 2.91. The number of rotatable bonds is 5. The Morgan fingerprint density at radius 3 is 3.08 bits per heavy atom. The summed E-state index contributed by atoms with van der Waals surface area (Å²) in [6.07, 6.45) is 9.09. The largest absolute Gasteiger partial charge is 0.487 e. The minimum absolute atomic E-state index is 0.0816. The van der Waals surface area contributed by atoms with E-state index >= 15 is 0 Å². The third kappa shape index (κ3) is 3.65. The van der Waals surface area contributed by atoms with E-state index in [9.17, 15) is 4.79 Å². The highest BCUT2D eigenvalue weighted by Gasteiger charge is 2.26. The van der Waals surface area contributed by atoms with Crippen LogP contribution < -0.4 is 10.1 Å². The number of carbonyl (C=O) groups is 1. The van der Waals surface area contributed by atoms with Crippen LogP contribution in [0.5, 0.6) is 5.75 Å². The summed E-state index contributed by atoms with van der Waals surface area (Å²) < 4.78 is 6.09. The molecule has 0 fully saturated rings. The van der Waals surface area contributed by atoms with Crippen LogP contribution in [0.2, 0.25) is 0 Å². The lowest BCUT2D eigenvalue weighted by Crippen LogP contribution is -2.33. The van der Waals surface area contributed by atoms with E-state index in [1.807, 2.05) is 41.8 Å². The number of fused-ring (bicyclic) bond motifs is 1. The molecule has 6 heteroatoms. The third-order valence-electron chi connectivity index (χ3n) is 4.11. The Kier molecular flexibility index (Phi) is 4.75. The number of carbonyl (C=O) groups excluding carboxylic acids is 1. The molecule has 0 bridgehead atoms. The third-order valence-corrected chi connectivity index (χ3v) is 4.95. The first-order valence-electron chi connectivity index (χ1n) is 8.34. The van der Waals surface area contributed by atoms with Gasteiger partial charge in [-0.25, -0.2) is 0 Å². The lowest BCUT2D eigenvalue weighted by Gasteiger charge is -2.12. The van der Waals surface area contributed by atoms with Crippen molar-refractivity contribution < 1.29 is 9.53 Å². The minimum atomic E-state index is -0.118. The number of thiophene rings is 1. The van der Waals surface area contributed by atoms with E-state index in [1.54, 1.807) is 36.0 Å². The van der Waals surface area contributed by atoms with Gasteiger partial charge in [0.1, 0.15) is 11.9 Å². The first kappa shape index (κ1) is 16.5. The van der Waals surface area contributed by atoms with Gasteiger partial charge in [0.2, 0.25) is 5.91 Å². The zero-order valence-corrected chi connectivity index (χ0v) is 14.8.